The fourth-order valence-corrected chi connectivity index (χ4v) is 3.66. The fraction of sp³-hybridized carbons (Fsp3) is 0.550. The zero-order valence-electron chi connectivity index (χ0n) is 15.5. The molecule has 2 aromatic rings. The highest BCUT2D eigenvalue weighted by Gasteiger charge is 2.51. The van der Waals surface area contributed by atoms with E-state index in [0.717, 1.165) is 31.5 Å². The van der Waals surface area contributed by atoms with E-state index in [9.17, 15) is 0 Å². The molecule has 2 aliphatic rings. The molecule has 5 heteroatoms. The van der Waals surface area contributed by atoms with Crippen LogP contribution in [0.25, 0.3) is 10.8 Å². The zero-order chi connectivity index (χ0) is 17.7. The minimum Gasteiger partial charge on any atom is -0.399 e. The van der Waals surface area contributed by atoms with Gasteiger partial charge in [0.15, 0.2) is 0 Å². The van der Waals surface area contributed by atoms with Crippen molar-refractivity contribution in [2.45, 2.75) is 57.7 Å². The lowest BCUT2D eigenvalue weighted by Gasteiger charge is -2.32. The van der Waals surface area contributed by atoms with Gasteiger partial charge in [-0.25, -0.2) is 0 Å². The maximum absolute atomic E-state index is 6.23. The van der Waals surface area contributed by atoms with Gasteiger partial charge in [0.05, 0.1) is 11.2 Å². The highest BCUT2D eigenvalue weighted by molar-refractivity contribution is 6.62. The summed E-state index contributed by atoms with van der Waals surface area (Å²) in [7, 11) is -0.329. The summed E-state index contributed by atoms with van der Waals surface area (Å²) in [4.78, 5) is 4.46. The van der Waals surface area contributed by atoms with Gasteiger partial charge in [-0.15, -0.1) is 0 Å². The molecule has 3 heterocycles. The van der Waals surface area contributed by atoms with Crippen molar-refractivity contribution in [1.82, 2.24) is 4.98 Å². The van der Waals surface area contributed by atoms with E-state index in [-0.39, 0.29) is 18.3 Å². The van der Waals surface area contributed by atoms with Gasteiger partial charge in [0.25, 0.3) is 0 Å². The van der Waals surface area contributed by atoms with Crippen molar-refractivity contribution in [2.24, 2.45) is 0 Å². The van der Waals surface area contributed by atoms with Crippen LogP contribution < -0.4 is 5.46 Å². The Kier molecular flexibility index (Phi) is 4.14. The lowest BCUT2D eigenvalue weighted by molar-refractivity contribution is 0.00578. The molecule has 25 heavy (non-hydrogen) atoms. The number of rotatable bonds is 2. The van der Waals surface area contributed by atoms with Crippen LogP contribution in [-0.4, -0.2) is 36.5 Å². The monoisotopic (exact) mass is 339 g/mol. The van der Waals surface area contributed by atoms with Gasteiger partial charge in [0.2, 0.25) is 0 Å². The molecule has 2 fully saturated rings. The van der Waals surface area contributed by atoms with E-state index in [4.69, 9.17) is 14.0 Å². The van der Waals surface area contributed by atoms with Gasteiger partial charge in [0, 0.05) is 31.0 Å². The third kappa shape index (κ3) is 2.99. The van der Waals surface area contributed by atoms with Crippen molar-refractivity contribution in [3.05, 3.63) is 36.2 Å². The molecule has 0 atom stereocenters. The summed E-state index contributed by atoms with van der Waals surface area (Å²) in [6, 6.07) is 6.45. The Bertz CT molecular complexity index is 768. The van der Waals surface area contributed by atoms with Gasteiger partial charge in [-0.1, -0.05) is 18.2 Å². The second-order valence-electron chi connectivity index (χ2n) is 8.18. The molecule has 0 spiro atoms. The summed E-state index contributed by atoms with van der Waals surface area (Å²) in [5.41, 5.74) is 1.74. The number of hydrogen-bond donors (Lipinski definition) is 0. The van der Waals surface area contributed by atoms with Crippen molar-refractivity contribution >= 4 is 23.4 Å². The summed E-state index contributed by atoms with van der Waals surface area (Å²) in [5, 5.41) is 2.43. The molecule has 4 rings (SSSR count). The number of benzene rings is 1. The zero-order valence-corrected chi connectivity index (χ0v) is 15.5. The van der Waals surface area contributed by atoms with Crippen LogP contribution in [0.5, 0.6) is 0 Å². The Hall–Kier alpha value is -1.43. The maximum Gasteiger partial charge on any atom is 0.494 e. The minimum absolute atomic E-state index is 0.325. The predicted molar refractivity (Wildman–Crippen MR) is 100 cm³/mol. The van der Waals surface area contributed by atoms with Gasteiger partial charge >= 0.3 is 7.12 Å². The van der Waals surface area contributed by atoms with Crippen LogP contribution in [0.2, 0.25) is 0 Å². The molecule has 0 unspecified atom stereocenters. The van der Waals surface area contributed by atoms with E-state index in [0.29, 0.717) is 5.92 Å². The first-order valence-electron chi connectivity index (χ1n) is 9.18. The first-order valence-corrected chi connectivity index (χ1v) is 9.18. The molecule has 0 aliphatic carbocycles. The Morgan fingerprint density at radius 1 is 1.00 bits per heavy atom. The maximum atomic E-state index is 6.23. The summed E-state index contributed by atoms with van der Waals surface area (Å²) in [5.74, 6) is 0.512. The summed E-state index contributed by atoms with van der Waals surface area (Å²) in [6.45, 7) is 10.0. The summed E-state index contributed by atoms with van der Waals surface area (Å²) >= 11 is 0. The number of aromatic nitrogens is 1. The lowest BCUT2D eigenvalue weighted by atomic mass is 9.77. The normalized spacial score (nSPS) is 23.3. The third-order valence-electron chi connectivity index (χ3n) is 6.00. The van der Waals surface area contributed by atoms with E-state index >= 15 is 0 Å². The third-order valence-corrected chi connectivity index (χ3v) is 6.00. The number of pyridine rings is 1. The topological polar surface area (TPSA) is 40.6 Å². The highest BCUT2D eigenvalue weighted by Crippen LogP contribution is 2.37. The molecule has 0 bridgehead atoms. The average Bonchev–Trinajstić information content (AvgIpc) is 2.82. The van der Waals surface area contributed by atoms with E-state index in [2.05, 4.69) is 50.9 Å². The predicted octanol–water partition coefficient (Wildman–Crippen LogP) is 3.43. The van der Waals surface area contributed by atoms with Crippen LogP contribution in [0.4, 0.5) is 0 Å². The van der Waals surface area contributed by atoms with Crippen molar-refractivity contribution in [2.75, 3.05) is 13.2 Å². The molecule has 0 saturated carbocycles. The SMILES string of the molecule is CC1(C)OB(c2ccc3cncc(C4CCOCC4)c3c2)OC1(C)C. The van der Waals surface area contributed by atoms with E-state index in [1.807, 2.05) is 12.4 Å². The van der Waals surface area contributed by atoms with Crippen molar-refractivity contribution in [3.8, 4) is 0 Å². The average molecular weight is 339 g/mol. The second-order valence-corrected chi connectivity index (χ2v) is 8.18. The molecule has 2 saturated heterocycles. The van der Waals surface area contributed by atoms with Crippen LogP contribution in [0.15, 0.2) is 30.6 Å². The lowest BCUT2D eigenvalue weighted by Crippen LogP contribution is -2.41. The number of fused-ring (bicyclic) bond motifs is 1. The Morgan fingerprint density at radius 2 is 1.68 bits per heavy atom. The number of nitrogens with zero attached hydrogens (tertiary/aromatic N) is 1. The van der Waals surface area contributed by atoms with Gasteiger partial charge in [0.1, 0.15) is 0 Å². The molecule has 0 N–H and O–H groups in total. The Labute approximate surface area is 150 Å². The second kappa shape index (κ2) is 6.08. The molecule has 132 valence electrons. The van der Waals surface area contributed by atoms with Gasteiger partial charge in [-0.2, -0.15) is 0 Å². The smallest absolute Gasteiger partial charge is 0.399 e. The Morgan fingerprint density at radius 3 is 2.36 bits per heavy atom. The molecular weight excluding hydrogens is 313 g/mol. The van der Waals surface area contributed by atoms with Crippen LogP contribution in [0.1, 0.15) is 52.0 Å². The molecule has 0 amide bonds. The summed E-state index contributed by atoms with van der Waals surface area (Å²) in [6.07, 6.45) is 6.07. The fourth-order valence-electron chi connectivity index (χ4n) is 3.66. The molecule has 1 aromatic heterocycles. The number of hydrogen-bond acceptors (Lipinski definition) is 4. The van der Waals surface area contributed by atoms with E-state index in [1.54, 1.807) is 0 Å². The van der Waals surface area contributed by atoms with E-state index in [1.165, 1.54) is 16.3 Å². The van der Waals surface area contributed by atoms with Crippen LogP contribution in [-0.2, 0) is 14.0 Å². The van der Waals surface area contributed by atoms with Crippen molar-refractivity contribution < 1.29 is 14.0 Å². The van der Waals surface area contributed by atoms with Crippen LogP contribution in [0, 0.1) is 0 Å². The first-order chi connectivity index (χ1) is 11.9. The highest BCUT2D eigenvalue weighted by atomic mass is 16.7. The summed E-state index contributed by atoms with van der Waals surface area (Å²) < 4.78 is 18.0. The van der Waals surface area contributed by atoms with Gasteiger partial charge in [-0.3, -0.25) is 4.98 Å². The van der Waals surface area contributed by atoms with Gasteiger partial charge in [-0.05, 0) is 62.9 Å². The van der Waals surface area contributed by atoms with E-state index < -0.39 is 0 Å². The van der Waals surface area contributed by atoms with Crippen LogP contribution >= 0.6 is 0 Å². The quantitative estimate of drug-likeness (QED) is 0.786. The molecule has 0 radical (unpaired) electrons. The molecule has 2 aliphatic heterocycles. The van der Waals surface area contributed by atoms with Crippen molar-refractivity contribution in [3.63, 3.8) is 0 Å². The Balaban J connectivity index is 1.72. The van der Waals surface area contributed by atoms with Crippen molar-refractivity contribution in [1.29, 1.82) is 0 Å². The van der Waals surface area contributed by atoms with Crippen LogP contribution in [0.3, 0.4) is 0 Å². The first kappa shape index (κ1) is 17.0. The van der Waals surface area contributed by atoms with Gasteiger partial charge < -0.3 is 14.0 Å². The number of ether oxygens (including phenoxy) is 1. The minimum atomic E-state index is -0.329. The largest absolute Gasteiger partial charge is 0.494 e. The molecular formula is C20H26BNO3. The molecule has 1 aromatic carbocycles. The standard InChI is InChI=1S/C20H26BNO3/c1-19(2)20(3,4)25-21(24-19)16-6-5-15-12-22-13-18(17(15)11-16)14-7-9-23-10-8-14/h5-6,11-14H,7-10H2,1-4H3. The molecule has 4 nitrogen and oxygen atoms in total.